The van der Waals surface area contributed by atoms with E-state index in [2.05, 4.69) is 86.6 Å². The second kappa shape index (κ2) is 36.2. The standard InChI is InChI=1S/C27H29Cl2N5O3S.C27H33N5O3S.C23H24Cl2N4O4S2.5H2/c1-19(34-12-2-3-20-17-21(28)4-9-25(20)34)27(35)33-15-13-32(14-16-33)23-5-7-24(8-6-23)38(36,37)31-22-10-11-30-26(29)18-22;1-20(2)18-25(24-7-5-4-6-21(24)3)27(33)32-16-14-31(15-17-32)22-8-10-23(11-9-22)36(34,35)30-26-12-13-28-19-29-26;1-15-14-28(17-6-8-18(9-7-17)35(31,32)27-23-26-10-13-34-23)11-12-29(15)22(30)16(2)33-20-5-3-4-19(24)21(20)25;;;;;/h4-11,17-19H,2-3,12-16H2,1H3,(H,30,31);4-13,19-20,25H,14-18H2,1-3H3,(H,28,29,30);3-10,13,15-16H,11-12,14H2,1-2H3,(H,26,27);5*1H/t19-;;15-,16?;;;;;/m1.0...../s1. The normalized spacial score (nSPS) is 16.3. The molecule has 4 atom stereocenters. The fraction of sp³-hybridized carbons (Fsp3) is 0.338. The molecule has 3 aromatic heterocycles. The van der Waals surface area contributed by atoms with Gasteiger partial charge in [0, 0.05) is 143 Å². The molecule has 3 saturated heterocycles. The lowest BCUT2D eigenvalue weighted by Gasteiger charge is -2.41. The molecule has 2 unspecified atom stereocenters. The molecule has 3 amide bonds. The molecule has 6 aromatic carbocycles. The SMILES string of the molecule is CC(Oc1cccc(Cl)c1Cl)C(=O)N1CCN(c2ccc(S(=O)(=O)Nc3nccs3)cc2)C[C@@H]1C.C[C@H](C(=O)N1CCN(c2ccc(S(=O)(=O)Nc3ccnc(Cl)c3)cc2)CC1)N1CCCc2cc(Cl)ccc21.Cc1ccccc1C(CC(C)C)C(=O)N1CCN(c2ccc(S(=O)(=O)Nc3ccncn3)cc2)CC1.[HH].[HH].[HH].[HH].[HH]. The van der Waals surface area contributed by atoms with Crippen molar-refractivity contribution >= 4 is 145 Å². The maximum absolute atomic E-state index is 13.6. The minimum Gasteiger partial charge on any atom is -0.479 e. The van der Waals surface area contributed by atoms with Crippen LogP contribution >= 0.6 is 57.7 Å². The highest BCUT2D eigenvalue weighted by Crippen LogP contribution is 2.36. The van der Waals surface area contributed by atoms with Gasteiger partial charge in [0.25, 0.3) is 36.0 Å². The average molecular weight is 1650 g/mol. The number of aromatic nitrogens is 4. The van der Waals surface area contributed by atoms with E-state index >= 15 is 0 Å². The summed E-state index contributed by atoms with van der Waals surface area (Å²) in [6.45, 7) is 19.8. The molecule has 7 heterocycles. The second-order valence-corrected chi connectivity index (χ2v) is 34.7. The fourth-order valence-corrected chi connectivity index (χ4v) is 18.1. The predicted octanol–water partition coefficient (Wildman–Crippen LogP) is 14.7. The van der Waals surface area contributed by atoms with Crippen LogP contribution in [0.1, 0.15) is 77.2 Å². The van der Waals surface area contributed by atoms with Crippen LogP contribution in [0.3, 0.4) is 0 Å². The Morgan fingerprint density at radius 1 is 0.587 bits per heavy atom. The monoisotopic (exact) mass is 1640 g/mol. The molecule has 0 radical (unpaired) electrons. The van der Waals surface area contributed by atoms with E-state index in [1.54, 1.807) is 114 Å². The first-order valence-electron chi connectivity index (χ1n) is 35.6. The number of amides is 3. The average Bonchev–Trinajstić information content (AvgIpc) is 0.954. The van der Waals surface area contributed by atoms with Crippen molar-refractivity contribution < 1.29 is 51.5 Å². The Morgan fingerprint density at radius 2 is 1.17 bits per heavy atom. The summed E-state index contributed by atoms with van der Waals surface area (Å²) in [6.07, 6.45) is 7.81. The van der Waals surface area contributed by atoms with Crippen molar-refractivity contribution in [2.24, 2.45) is 5.92 Å². The van der Waals surface area contributed by atoms with Crippen LogP contribution in [0.4, 0.5) is 39.4 Å². The number of fused-ring (bicyclic) bond motifs is 1. The number of hydrogen-bond donors (Lipinski definition) is 3. The van der Waals surface area contributed by atoms with Crippen molar-refractivity contribution in [1.82, 2.24) is 34.6 Å². The highest BCUT2D eigenvalue weighted by Gasteiger charge is 2.35. The number of halogens is 4. The van der Waals surface area contributed by atoms with Crippen LogP contribution in [0.5, 0.6) is 5.75 Å². The molecule has 0 spiro atoms. The molecular weight excluding hydrogens is 1550 g/mol. The molecule has 0 aliphatic carbocycles. The molecule has 0 saturated carbocycles. The first-order valence-corrected chi connectivity index (χ1v) is 42.4. The Kier molecular flexibility index (Phi) is 26.9. The van der Waals surface area contributed by atoms with Gasteiger partial charge in [0.05, 0.1) is 31.3 Å². The van der Waals surface area contributed by atoms with E-state index < -0.39 is 36.2 Å². The van der Waals surface area contributed by atoms with Crippen molar-refractivity contribution in [1.29, 1.82) is 0 Å². The minimum absolute atomic E-state index is 0. The van der Waals surface area contributed by atoms with E-state index in [1.807, 2.05) is 54.0 Å². The molecule has 24 nitrogen and oxygen atoms in total. The number of ether oxygens (including phenoxy) is 1. The van der Waals surface area contributed by atoms with Crippen molar-refractivity contribution in [2.75, 3.05) is 112 Å². The molecule has 0 bridgehead atoms. The Hall–Kier alpha value is -9.00. The van der Waals surface area contributed by atoms with Crippen molar-refractivity contribution in [3.05, 3.63) is 219 Å². The number of anilines is 7. The number of rotatable bonds is 21. The minimum atomic E-state index is -3.76. The van der Waals surface area contributed by atoms with Crippen LogP contribution in [0.25, 0.3) is 0 Å². The van der Waals surface area contributed by atoms with Crippen LogP contribution in [-0.4, -0.2) is 174 Å². The lowest BCUT2D eigenvalue weighted by atomic mass is 9.86. The van der Waals surface area contributed by atoms with E-state index in [4.69, 9.17) is 51.1 Å². The van der Waals surface area contributed by atoms with Gasteiger partial charge in [-0.25, -0.2) is 45.2 Å². The number of carbonyl (C=O) groups is 3. The molecule has 109 heavy (non-hydrogen) atoms. The zero-order valence-corrected chi connectivity index (χ0v) is 67.3. The fourth-order valence-electron chi connectivity index (χ4n) is 13.5. The van der Waals surface area contributed by atoms with Gasteiger partial charge in [-0.15, -0.1) is 11.3 Å². The van der Waals surface area contributed by atoms with Gasteiger partial charge in [-0.3, -0.25) is 28.5 Å². The van der Waals surface area contributed by atoms with Crippen molar-refractivity contribution in [3.8, 4) is 5.75 Å². The quantitative estimate of drug-likeness (QED) is 0.0564. The topological polar surface area (TPSA) is 273 Å². The summed E-state index contributed by atoms with van der Waals surface area (Å²) in [5.74, 6) is 1.04. The van der Waals surface area contributed by atoms with Crippen LogP contribution in [0, 0.1) is 12.8 Å². The second-order valence-electron chi connectivity index (χ2n) is 27.1. The predicted molar refractivity (Wildman–Crippen MR) is 443 cm³/mol. The third kappa shape index (κ3) is 20.7. The third-order valence-electron chi connectivity index (χ3n) is 19.2. The van der Waals surface area contributed by atoms with E-state index in [1.165, 1.54) is 54.0 Å². The number of pyridine rings is 1. The van der Waals surface area contributed by atoms with Gasteiger partial charge in [0.2, 0.25) is 11.8 Å². The number of carbonyl (C=O) groups excluding carboxylic acids is 3. The Bertz CT molecular complexity index is 5000. The maximum atomic E-state index is 13.6. The van der Waals surface area contributed by atoms with Crippen LogP contribution in [-0.2, 0) is 50.9 Å². The number of hydrogen-bond acceptors (Lipinski definition) is 19. The molecule has 3 N–H and O–H groups in total. The van der Waals surface area contributed by atoms with Gasteiger partial charge in [-0.05, 0) is 191 Å². The van der Waals surface area contributed by atoms with Gasteiger partial charge in [0.1, 0.15) is 34.1 Å². The maximum Gasteiger partial charge on any atom is 0.263 e. The molecule has 9 aromatic rings. The van der Waals surface area contributed by atoms with Crippen LogP contribution in [0.15, 0.2) is 197 Å². The van der Waals surface area contributed by atoms with E-state index in [0.717, 1.165) is 64.7 Å². The smallest absolute Gasteiger partial charge is 0.263 e. The van der Waals surface area contributed by atoms with Gasteiger partial charge in [-0.1, -0.05) is 90.6 Å². The number of thiazole rings is 1. The van der Waals surface area contributed by atoms with Gasteiger partial charge in [0.15, 0.2) is 11.2 Å². The molecule has 13 rings (SSSR count). The first kappa shape index (κ1) is 81.0. The summed E-state index contributed by atoms with van der Waals surface area (Å²) in [4.78, 5) is 70.4. The van der Waals surface area contributed by atoms with E-state index in [-0.39, 0.29) is 73.5 Å². The number of piperazine rings is 3. The molecule has 4 aliphatic heterocycles. The number of nitrogens with zero attached hydrogens (tertiary/aromatic N) is 11. The highest BCUT2D eigenvalue weighted by atomic mass is 35.5. The third-order valence-corrected chi connectivity index (χ3v) is 25.4. The largest absolute Gasteiger partial charge is 0.479 e. The summed E-state index contributed by atoms with van der Waals surface area (Å²) >= 11 is 25.5. The lowest BCUT2D eigenvalue weighted by molar-refractivity contribution is -0.140. The number of benzene rings is 6. The molecule has 3 fully saturated rings. The first-order chi connectivity index (χ1) is 52.1. The number of sulfonamides is 3. The molecular formula is C77H96Cl4N14O10S4. The number of nitrogens with one attached hydrogen (secondary N) is 3. The molecule has 32 heteroatoms. The van der Waals surface area contributed by atoms with Crippen LogP contribution < -0.4 is 38.5 Å². The van der Waals surface area contributed by atoms with Crippen molar-refractivity contribution in [3.63, 3.8) is 0 Å². The number of aryl methyl sites for hydroxylation is 2. The Labute approximate surface area is 668 Å². The van der Waals surface area contributed by atoms with Gasteiger partial charge < -0.3 is 39.0 Å². The Balaban J connectivity index is 0.000000261. The molecule has 586 valence electrons. The Morgan fingerprint density at radius 3 is 1.74 bits per heavy atom. The van der Waals surface area contributed by atoms with Gasteiger partial charge >= 0.3 is 0 Å². The summed E-state index contributed by atoms with van der Waals surface area (Å²) in [5, 5.41) is 3.59. The summed E-state index contributed by atoms with van der Waals surface area (Å²) < 4.78 is 89.2. The van der Waals surface area contributed by atoms with Gasteiger partial charge in [-0.2, -0.15) is 0 Å². The molecule has 4 aliphatic rings. The zero-order valence-electron chi connectivity index (χ0n) is 61.0. The zero-order chi connectivity index (χ0) is 77.7. The summed E-state index contributed by atoms with van der Waals surface area (Å²) in [7, 11) is -11.2. The van der Waals surface area contributed by atoms with E-state index in [9.17, 15) is 39.6 Å². The highest BCUT2D eigenvalue weighted by molar-refractivity contribution is 7.93. The summed E-state index contributed by atoms with van der Waals surface area (Å²) in [5.41, 5.74) is 7.63. The summed E-state index contributed by atoms with van der Waals surface area (Å²) in [6, 6.07) is 43.5. The lowest BCUT2D eigenvalue weighted by Crippen LogP contribution is -2.56. The van der Waals surface area contributed by atoms with Crippen molar-refractivity contribution in [2.45, 2.75) is 99.6 Å². The van der Waals surface area contributed by atoms with E-state index in [0.29, 0.717) is 99.5 Å². The van der Waals surface area contributed by atoms with Crippen LogP contribution in [0.2, 0.25) is 20.2 Å².